The van der Waals surface area contributed by atoms with Crippen LogP contribution in [0.5, 0.6) is 0 Å². The van der Waals surface area contributed by atoms with Crippen LogP contribution in [0.15, 0.2) is 12.1 Å². The summed E-state index contributed by atoms with van der Waals surface area (Å²) in [5.74, 6) is 0.497. The second-order valence-corrected chi connectivity index (χ2v) is 7.12. The summed E-state index contributed by atoms with van der Waals surface area (Å²) in [6.07, 6.45) is 1.83. The van der Waals surface area contributed by atoms with Crippen LogP contribution in [0.4, 0.5) is 0 Å². The molecule has 0 rings (SSSR count). The topological polar surface area (TPSA) is 102 Å². The van der Waals surface area contributed by atoms with Gasteiger partial charge in [0.05, 0.1) is 18.0 Å². The summed E-state index contributed by atoms with van der Waals surface area (Å²) in [5, 5.41) is 0. The van der Waals surface area contributed by atoms with Crippen molar-refractivity contribution in [3.63, 3.8) is 0 Å². The van der Waals surface area contributed by atoms with Gasteiger partial charge in [0.25, 0.3) is 0 Å². The molecule has 1 unspecified atom stereocenters. The predicted octanol–water partition coefficient (Wildman–Crippen LogP) is 3.39. The molecule has 0 aromatic carbocycles. The van der Waals surface area contributed by atoms with Crippen LogP contribution in [0.3, 0.4) is 0 Å². The number of phosphoric acid groups is 1. The molecule has 0 saturated carbocycles. The van der Waals surface area contributed by atoms with Crippen LogP contribution in [0.25, 0.3) is 0 Å². The first-order valence-corrected chi connectivity index (χ1v) is 9.10. The van der Waals surface area contributed by atoms with Crippen LogP contribution in [0.2, 0.25) is 0 Å². The van der Waals surface area contributed by atoms with Crippen LogP contribution in [-0.2, 0) is 22.7 Å². The lowest BCUT2D eigenvalue weighted by Crippen LogP contribution is -2.26. The Hall–Kier alpha value is -0.160. The Morgan fingerprint density at radius 1 is 1.16 bits per heavy atom. The SMILES string of the molecule is CCOP(=O)(O/C=C/P(=O)(O)O)OC(C)(CC)CC. The van der Waals surface area contributed by atoms with Gasteiger partial charge in [-0.05, 0) is 26.7 Å². The maximum atomic E-state index is 12.3. The molecule has 0 saturated heterocycles. The van der Waals surface area contributed by atoms with Gasteiger partial charge in [0.1, 0.15) is 6.26 Å². The molecule has 9 heteroatoms. The molecular formula is C10H22O7P2. The Bertz CT molecular complexity index is 383. The number of rotatable bonds is 9. The summed E-state index contributed by atoms with van der Waals surface area (Å²) in [6.45, 7) is 7.19. The van der Waals surface area contributed by atoms with E-state index >= 15 is 0 Å². The van der Waals surface area contributed by atoms with Crippen molar-refractivity contribution in [2.24, 2.45) is 0 Å². The molecule has 0 aromatic heterocycles. The van der Waals surface area contributed by atoms with Crippen LogP contribution in [0.1, 0.15) is 40.5 Å². The van der Waals surface area contributed by atoms with Gasteiger partial charge in [-0.25, -0.2) is 4.57 Å². The molecule has 0 heterocycles. The van der Waals surface area contributed by atoms with Crippen molar-refractivity contribution < 1.29 is 32.5 Å². The summed E-state index contributed by atoms with van der Waals surface area (Å²) in [5.41, 5.74) is -0.694. The average Bonchev–Trinajstić information content (AvgIpc) is 2.27. The van der Waals surface area contributed by atoms with Gasteiger partial charge in [-0.3, -0.25) is 13.6 Å². The van der Waals surface area contributed by atoms with Gasteiger partial charge in [0.15, 0.2) is 0 Å². The third kappa shape index (κ3) is 7.88. The lowest BCUT2D eigenvalue weighted by Gasteiger charge is -2.30. The summed E-state index contributed by atoms with van der Waals surface area (Å²) in [4.78, 5) is 17.3. The van der Waals surface area contributed by atoms with Crippen LogP contribution >= 0.6 is 15.4 Å². The molecule has 2 N–H and O–H groups in total. The van der Waals surface area contributed by atoms with Gasteiger partial charge in [-0.15, -0.1) is 0 Å². The first kappa shape index (κ1) is 18.8. The molecule has 7 nitrogen and oxygen atoms in total. The number of hydrogen-bond acceptors (Lipinski definition) is 5. The molecule has 0 bridgehead atoms. The standard InChI is InChI=1S/C10H22O7P2/c1-5-10(4,6-2)17-19(14,15-7-3)16-8-9-18(11,12)13/h8-9H,5-7H2,1-4H3,(H2,11,12,13)/b9-8+. The largest absolute Gasteiger partial charge is 0.530 e. The normalized spacial score (nSPS) is 16.5. The van der Waals surface area contributed by atoms with E-state index in [1.165, 1.54) is 0 Å². The van der Waals surface area contributed by atoms with Gasteiger partial charge in [0.2, 0.25) is 0 Å². The van der Waals surface area contributed by atoms with Crippen molar-refractivity contribution in [1.29, 1.82) is 0 Å². The molecule has 0 radical (unpaired) electrons. The molecule has 1 atom stereocenters. The zero-order chi connectivity index (χ0) is 15.2. The Balaban J connectivity index is 4.91. The fraction of sp³-hybridized carbons (Fsp3) is 0.800. The number of hydrogen-bond donors (Lipinski definition) is 2. The highest BCUT2D eigenvalue weighted by molar-refractivity contribution is 7.55. The molecule has 0 aliphatic heterocycles. The first-order valence-electron chi connectivity index (χ1n) is 5.96. The monoisotopic (exact) mass is 316 g/mol. The van der Waals surface area contributed by atoms with E-state index in [1.54, 1.807) is 13.8 Å². The summed E-state index contributed by atoms with van der Waals surface area (Å²) < 4.78 is 38.0. The third-order valence-corrected chi connectivity index (χ3v) is 4.69. The second kappa shape index (κ2) is 7.58. The molecule has 0 fully saturated rings. The first-order chi connectivity index (χ1) is 8.60. The lowest BCUT2D eigenvalue weighted by molar-refractivity contribution is 0.0284. The van der Waals surface area contributed by atoms with Crippen molar-refractivity contribution in [3.8, 4) is 0 Å². The fourth-order valence-electron chi connectivity index (χ4n) is 1.07. The molecular weight excluding hydrogens is 294 g/mol. The van der Waals surface area contributed by atoms with E-state index in [0.717, 1.165) is 0 Å². The molecule has 0 aliphatic carbocycles. The summed E-state index contributed by atoms with van der Waals surface area (Å²) in [6, 6.07) is 0. The third-order valence-electron chi connectivity index (χ3n) is 2.56. The summed E-state index contributed by atoms with van der Waals surface area (Å²) >= 11 is 0. The Kier molecular flexibility index (Phi) is 7.51. The van der Waals surface area contributed by atoms with Gasteiger partial charge in [-0.1, -0.05) is 13.8 Å². The van der Waals surface area contributed by atoms with Crippen LogP contribution < -0.4 is 0 Å². The molecule has 114 valence electrons. The second-order valence-electron chi connectivity index (χ2n) is 4.09. The lowest BCUT2D eigenvalue weighted by atomic mass is 10.0. The van der Waals surface area contributed by atoms with Crippen LogP contribution in [-0.4, -0.2) is 22.0 Å². The van der Waals surface area contributed by atoms with Crippen molar-refractivity contribution in [2.75, 3.05) is 6.61 Å². The fourth-order valence-corrected chi connectivity index (χ4v) is 2.86. The molecule has 0 aromatic rings. The zero-order valence-electron chi connectivity index (χ0n) is 11.6. The zero-order valence-corrected chi connectivity index (χ0v) is 13.4. The quantitative estimate of drug-likeness (QED) is 0.496. The highest BCUT2D eigenvalue weighted by atomic mass is 31.2. The predicted molar refractivity (Wildman–Crippen MR) is 71.6 cm³/mol. The van der Waals surface area contributed by atoms with E-state index in [4.69, 9.17) is 23.4 Å². The minimum Gasteiger partial charge on any atom is -0.412 e. The van der Waals surface area contributed by atoms with Crippen LogP contribution in [0, 0.1) is 0 Å². The molecule has 0 aliphatic rings. The highest BCUT2D eigenvalue weighted by Gasteiger charge is 2.36. The van der Waals surface area contributed by atoms with E-state index in [0.29, 0.717) is 24.9 Å². The van der Waals surface area contributed by atoms with Crippen molar-refractivity contribution in [1.82, 2.24) is 0 Å². The highest BCUT2D eigenvalue weighted by Crippen LogP contribution is 2.54. The van der Waals surface area contributed by atoms with E-state index in [1.807, 2.05) is 13.8 Å². The maximum Gasteiger partial charge on any atom is 0.530 e. The average molecular weight is 316 g/mol. The van der Waals surface area contributed by atoms with Crippen molar-refractivity contribution in [3.05, 3.63) is 12.1 Å². The molecule has 19 heavy (non-hydrogen) atoms. The van der Waals surface area contributed by atoms with E-state index in [2.05, 4.69) is 0 Å². The molecule has 0 spiro atoms. The van der Waals surface area contributed by atoms with E-state index < -0.39 is 21.0 Å². The Morgan fingerprint density at radius 2 is 1.68 bits per heavy atom. The number of phosphoric ester groups is 1. The minimum absolute atomic E-state index is 0.0878. The van der Waals surface area contributed by atoms with Gasteiger partial charge < -0.3 is 14.3 Å². The van der Waals surface area contributed by atoms with Gasteiger partial charge in [-0.2, -0.15) is 0 Å². The van der Waals surface area contributed by atoms with Crippen molar-refractivity contribution in [2.45, 2.75) is 46.1 Å². The van der Waals surface area contributed by atoms with E-state index in [-0.39, 0.29) is 6.61 Å². The van der Waals surface area contributed by atoms with Crippen molar-refractivity contribution >= 4 is 15.4 Å². The van der Waals surface area contributed by atoms with E-state index in [9.17, 15) is 9.13 Å². The van der Waals surface area contributed by atoms with Gasteiger partial charge >= 0.3 is 15.4 Å². The minimum atomic E-state index is -4.37. The smallest absolute Gasteiger partial charge is 0.412 e. The molecule has 0 amide bonds. The maximum absolute atomic E-state index is 12.3. The van der Waals surface area contributed by atoms with Gasteiger partial charge in [0, 0.05) is 0 Å². The Morgan fingerprint density at radius 3 is 2.05 bits per heavy atom. The summed E-state index contributed by atoms with van der Waals surface area (Å²) in [7, 11) is -8.26. The Labute approximate surface area is 113 Å².